The second-order valence-electron chi connectivity index (χ2n) is 4.27. The second kappa shape index (κ2) is 6.46. The Bertz CT molecular complexity index is 673. The van der Waals surface area contributed by atoms with Crippen LogP contribution in [0.1, 0.15) is 22.6 Å². The summed E-state index contributed by atoms with van der Waals surface area (Å²) in [5.74, 6) is -0.738. The number of carbonyl (C=O) groups excluding carboxylic acids is 1. The Labute approximate surface area is 122 Å². The van der Waals surface area contributed by atoms with Crippen LogP contribution in [0.3, 0.4) is 0 Å². The maximum Gasteiger partial charge on any atom is 0.387 e. The van der Waals surface area contributed by atoms with Gasteiger partial charge in [0.25, 0.3) is 5.91 Å². The van der Waals surface area contributed by atoms with E-state index in [4.69, 9.17) is 0 Å². The molecule has 0 radical (unpaired) electrons. The molecule has 1 amide bonds. The Hall–Kier alpha value is -2.58. The zero-order valence-electron chi connectivity index (χ0n) is 11.3. The number of carbonyl (C=O) groups is 1. The number of nitrogens with zero attached hydrogens (tertiary/aromatic N) is 2. The molecule has 9 heteroatoms. The number of hydrogen-bond acceptors (Lipinski definition) is 3. The van der Waals surface area contributed by atoms with Crippen LogP contribution >= 0.6 is 0 Å². The summed E-state index contributed by atoms with van der Waals surface area (Å²) in [7, 11) is 0. The summed E-state index contributed by atoms with van der Waals surface area (Å²) in [6.07, 6.45) is 0.978. The number of amides is 1. The molecule has 118 valence electrons. The molecule has 5 nitrogen and oxygen atoms in total. The number of benzene rings is 1. The first-order valence-electron chi connectivity index (χ1n) is 6.07. The van der Waals surface area contributed by atoms with Crippen LogP contribution in [0, 0.1) is 6.92 Å². The third-order valence-electron chi connectivity index (χ3n) is 2.71. The van der Waals surface area contributed by atoms with Crippen molar-refractivity contribution in [2.75, 3.05) is 5.32 Å². The minimum absolute atomic E-state index is 0.0486. The van der Waals surface area contributed by atoms with Crippen molar-refractivity contribution in [3.63, 3.8) is 0 Å². The number of rotatable bonds is 5. The molecule has 0 aliphatic heterocycles. The fourth-order valence-electron chi connectivity index (χ4n) is 1.71. The zero-order valence-corrected chi connectivity index (χ0v) is 11.3. The normalized spacial score (nSPS) is 11.0. The number of ether oxygens (including phenoxy) is 1. The fraction of sp³-hybridized carbons (Fsp3) is 0.231. The topological polar surface area (TPSA) is 56.1 Å². The van der Waals surface area contributed by atoms with E-state index in [1.165, 1.54) is 18.2 Å². The number of aryl methyl sites for hydroxylation is 1. The number of nitrogens with one attached hydrogen (secondary N) is 1. The summed E-state index contributed by atoms with van der Waals surface area (Å²) in [4.78, 5) is 11.9. The van der Waals surface area contributed by atoms with Crippen molar-refractivity contribution in [3.8, 4) is 5.75 Å². The highest BCUT2D eigenvalue weighted by molar-refractivity contribution is 6.03. The predicted molar refractivity (Wildman–Crippen MR) is 69.2 cm³/mol. The molecule has 0 saturated heterocycles. The van der Waals surface area contributed by atoms with Crippen molar-refractivity contribution in [1.29, 1.82) is 0 Å². The first-order chi connectivity index (χ1) is 10.4. The van der Waals surface area contributed by atoms with Crippen molar-refractivity contribution in [1.82, 2.24) is 9.78 Å². The monoisotopic (exact) mass is 317 g/mol. The van der Waals surface area contributed by atoms with Crippen LogP contribution in [0.15, 0.2) is 30.5 Å². The average Bonchev–Trinajstić information content (AvgIpc) is 2.91. The molecule has 0 unspecified atom stereocenters. The van der Waals surface area contributed by atoms with Crippen LogP contribution < -0.4 is 10.1 Å². The number of aromatic nitrogens is 2. The highest BCUT2D eigenvalue weighted by Crippen LogP contribution is 2.23. The van der Waals surface area contributed by atoms with E-state index in [0.29, 0.717) is 15.9 Å². The highest BCUT2D eigenvalue weighted by atomic mass is 19.3. The van der Waals surface area contributed by atoms with Crippen LogP contribution in [0.4, 0.5) is 23.2 Å². The SMILES string of the molecule is Cc1cc(OC(F)F)ccc1NC(=O)c1ccn(C(F)F)n1. The molecule has 0 atom stereocenters. The molecule has 1 N–H and O–H groups in total. The first kappa shape index (κ1) is 15.8. The average molecular weight is 317 g/mol. The van der Waals surface area contributed by atoms with Crippen LogP contribution in [0.5, 0.6) is 5.75 Å². The van der Waals surface area contributed by atoms with Gasteiger partial charge in [-0.2, -0.15) is 22.7 Å². The minimum atomic E-state index is -2.95. The van der Waals surface area contributed by atoms with Gasteiger partial charge in [-0.3, -0.25) is 4.79 Å². The van der Waals surface area contributed by atoms with E-state index in [-0.39, 0.29) is 11.4 Å². The number of halogens is 4. The zero-order chi connectivity index (χ0) is 16.3. The molecule has 2 aromatic rings. The lowest BCUT2D eigenvalue weighted by molar-refractivity contribution is -0.0498. The van der Waals surface area contributed by atoms with Gasteiger partial charge in [-0.1, -0.05) is 0 Å². The minimum Gasteiger partial charge on any atom is -0.435 e. The smallest absolute Gasteiger partial charge is 0.387 e. The quantitative estimate of drug-likeness (QED) is 0.860. The number of hydrogen-bond donors (Lipinski definition) is 1. The molecular formula is C13H11F4N3O2. The molecule has 0 spiro atoms. The predicted octanol–water partition coefficient (Wildman–Crippen LogP) is 3.44. The molecule has 22 heavy (non-hydrogen) atoms. The van der Waals surface area contributed by atoms with E-state index in [2.05, 4.69) is 15.2 Å². The summed E-state index contributed by atoms with van der Waals surface area (Å²) in [6, 6.07) is 5.09. The molecular weight excluding hydrogens is 306 g/mol. The van der Waals surface area contributed by atoms with Gasteiger partial charge in [0.15, 0.2) is 5.69 Å². The molecule has 0 saturated carbocycles. The molecule has 0 bridgehead atoms. The van der Waals surface area contributed by atoms with E-state index >= 15 is 0 Å². The van der Waals surface area contributed by atoms with Gasteiger partial charge in [-0.15, -0.1) is 0 Å². The maximum atomic E-state index is 12.4. The third-order valence-corrected chi connectivity index (χ3v) is 2.71. The van der Waals surface area contributed by atoms with Crippen molar-refractivity contribution >= 4 is 11.6 Å². The fourth-order valence-corrected chi connectivity index (χ4v) is 1.71. The van der Waals surface area contributed by atoms with Gasteiger partial charge in [0.05, 0.1) is 0 Å². The molecule has 1 aromatic heterocycles. The summed E-state index contributed by atoms with van der Waals surface area (Å²) in [5, 5.41) is 5.88. The van der Waals surface area contributed by atoms with Gasteiger partial charge in [0.1, 0.15) is 5.75 Å². The standard InChI is InChI=1S/C13H11F4N3O2/c1-7-6-8(22-13(16)17)2-3-9(7)18-11(21)10-4-5-20(19-10)12(14)15/h2-6,12-13H,1H3,(H,18,21). The Morgan fingerprint density at radius 1 is 1.27 bits per heavy atom. The number of alkyl halides is 4. The van der Waals surface area contributed by atoms with Gasteiger partial charge >= 0.3 is 13.2 Å². The molecule has 2 rings (SSSR count). The summed E-state index contributed by atoms with van der Waals surface area (Å²) >= 11 is 0. The molecule has 1 aromatic carbocycles. The van der Waals surface area contributed by atoms with Crippen molar-refractivity contribution in [2.45, 2.75) is 20.1 Å². The highest BCUT2D eigenvalue weighted by Gasteiger charge is 2.14. The molecule has 0 fully saturated rings. The van der Waals surface area contributed by atoms with E-state index in [1.54, 1.807) is 6.92 Å². The van der Waals surface area contributed by atoms with Gasteiger partial charge < -0.3 is 10.1 Å². The first-order valence-corrected chi connectivity index (χ1v) is 6.07. The van der Waals surface area contributed by atoms with Gasteiger partial charge in [-0.05, 0) is 36.8 Å². The van der Waals surface area contributed by atoms with Gasteiger partial charge in [-0.25, -0.2) is 4.68 Å². The molecule has 0 aliphatic carbocycles. The van der Waals surface area contributed by atoms with E-state index in [1.807, 2.05) is 0 Å². The molecule has 1 heterocycles. The number of anilines is 1. The lowest BCUT2D eigenvalue weighted by Gasteiger charge is -2.10. The van der Waals surface area contributed by atoms with E-state index < -0.39 is 19.1 Å². The third kappa shape index (κ3) is 3.74. The lowest BCUT2D eigenvalue weighted by atomic mass is 10.2. The van der Waals surface area contributed by atoms with Crippen molar-refractivity contribution < 1.29 is 27.1 Å². The maximum absolute atomic E-state index is 12.4. The Balaban J connectivity index is 2.10. The van der Waals surface area contributed by atoms with Crippen LogP contribution in [0.25, 0.3) is 0 Å². The summed E-state index contributed by atoms with van der Waals surface area (Å²) < 4.78 is 53.5. The van der Waals surface area contributed by atoms with Crippen molar-refractivity contribution in [2.24, 2.45) is 0 Å². The Morgan fingerprint density at radius 2 is 2.00 bits per heavy atom. The van der Waals surface area contributed by atoms with Crippen LogP contribution in [0.2, 0.25) is 0 Å². The Morgan fingerprint density at radius 3 is 2.55 bits per heavy atom. The van der Waals surface area contributed by atoms with Crippen molar-refractivity contribution in [3.05, 3.63) is 41.7 Å². The van der Waals surface area contributed by atoms with E-state index in [0.717, 1.165) is 12.3 Å². The largest absolute Gasteiger partial charge is 0.435 e. The van der Waals surface area contributed by atoms with E-state index in [9.17, 15) is 22.4 Å². The summed E-state index contributed by atoms with van der Waals surface area (Å²) in [6.45, 7) is -4.21. The van der Waals surface area contributed by atoms with Gasteiger partial charge in [0, 0.05) is 11.9 Å². The molecule has 0 aliphatic rings. The van der Waals surface area contributed by atoms with Gasteiger partial charge in [0.2, 0.25) is 0 Å². The van der Waals surface area contributed by atoms with Crippen LogP contribution in [-0.2, 0) is 0 Å². The second-order valence-corrected chi connectivity index (χ2v) is 4.27. The summed E-state index contributed by atoms with van der Waals surface area (Å²) in [5.41, 5.74) is 0.616. The Kier molecular flexibility index (Phi) is 4.64. The lowest BCUT2D eigenvalue weighted by Crippen LogP contribution is -2.14. The van der Waals surface area contributed by atoms with Crippen LogP contribution in [-0.4, -0.2) is 22.3 Å².